The van der Waals surface area contributed by atoms with Crippen LogP contribution in [0.15, 0.2) is 24.4 Å². The second-order valence-corrected chi connectivity index (χ2v) is 2.71. The lowest BCUT2D eigenvalue weighted by molar-refractivity contribution is -0.117. The molecule has 0 aromatic carbocycles. The topological polar surface area (TPSA) is 65.2 Å². The minimum atomic E-state index is -0.345. The van der Waals surface area contributed by atoms with Crippen LogP contribution in [0.2, 0.25) is 0 Å². The number of aromatic nitrogens is 1. The highest BCUT2D eigenvalue weighted by Crippen LogP contribution is 2.07. The number of pyridine rings is 1. The summed E-state index contributed by atoms with van der Waals surface area (Å²) in [5, 5.41) is 0. The lowest BCUT2D eigenvalue weighted by Crippen LogP contribution is -2.07. The molecule has 0 fully saturated rings. The summed E-state index contributed by atoms with van der Waals surface area (Å²) >= 11 is 0. The third kappa shape index (κ3) is 3.26. The molecule has 14 heavy (non-hydrogen) atoms. The predicted molar refractivity (Wildman–Crippen MR) is 53.6 cm³/mol. The first-order chi connectivity index (χ1) is 6.72. The number of carbonyl (C=O) groups is 1. The molecule has 2 N–H and O–H groups in total. The molecule has 0 aliphatic rings. The van der Waals surface area contributed by atoms with E-state index in [1.807, 2.05) is 6.07 Å². The van der Waals surface area contributed by atoms with Gasteiger partial charge in [-0.15, -0.1) is 0 Å². The highest BCUT2D eigenvalue weighted by Gasteiger charge is 1.92. The molecule has 0 radical (unpaired) electrons. The van der Waals surface area contributed by atoms with E-state index in [4.69, 9.17) is 10.5 Å². The molecule has 1 amide bonds. The number of carbonyl (C=O) groups excluding carboxylic acids is 1. The maximum Gasteiger partial charge on any atom is 0.221 e. The van der Waals surface area contributed by atoms with Crippen LogP contribution in [0, 0.1) is 0 Å². The molecule has 0 bridgehead atoms. The number of hydrogen-bond acceptors (Lipinski definition) is 3. The van der Waals surface area contributed by atoms with Crippen molar-refractivity contribution in [1.29, 1.82) is 0 Å². The molecule has 74 valence electrons. The van der Waals surface area contributed by atoms with Crippen molar-refractivity contribution in [3.63, 3.8) is 0 Å². The molecule has 0 atom stereocenters. The van der Waals surface area contributed by atoms with Crippen LogP contribution in [0.1, 0.15) is 12.0 Å². The Labute approximate surface area is 82.4 Å². The van der Waals surface area contributed by atoms with E-state index in [1.54, 1.807) is 31.5 Å². The number of methoxy groups -OCH3 is 1. The first-order valence-corrected chi connectivity index (χ1v) is 4.17. The van der Waals surface area contributed by atoms with Gasteiger partial charge in [-0.1, -0.05) is 12.2 Å². The zero-order valence-corrected chi connectivity index (χ0v) is 7.93. The number of ether oxygens (including phenoxy) is 1. The maximum atomic E-state index is 10.4. The quantitative estimate of drug-likeness (QED) is 0.773. The first kappa shape index (κ1) is 10.2. The van der Waals surface area contributed by atoms with Crippen molar-refractivity contribution in [3.05, 3.63) is 30.0 Å². The normalized spacial score (nSPS) is 10.4. The second kappa shape index (κ2) is 5.01. The Kier molecular flexibility index (Phi) is 3.67. The average Bonchev–Trinajstić information content (AvgIpc) is 2.18. The minimum Gasteiger partial charge on any atom is -0.481 e. The van der Waals surface area contributed by atoms with Crippen LogP contribution < -0.4 is 10.5 Å². The van der Waals surface area contributed by atoms with Crippen LogP contribution in [0.25, 0.3) is 6.08 Å². The standard InChI is InChI=1S/C10H12N2O2/c1-14-10-6-5-8(7-12-10)3-2-4-9(11)13/h2-3,5-7H,4H2,1H3,(H2,11,13). The highest BCUT2D eigenvalue weighted by molar-refractivity contribution is 5.76. The predicted octanol–water partition coefficient (Wildman–Crippen LogP) is 0.979. The SMILES string of the molecule is COc1ccc(C=CCC(N)=O)cn1. The van der Waals surface area contributed by atoms with Gasteiger partial charge in [-0.25, -0.2) is 4.98 Å². The third-order valence-electron chi connectivity index (χ3n) is 1.60. The van der Waals surface area contributed by atoms with Crippen LogP contribution >= 0.6 is 0 Å². The lowest BCUT2D eigenvalue weighted by atomic mass is 10.2. The Bertz CT molecular complexity index is 330. The molecular formula is C10H12N2O2. The molecule has 1 rings (SSSR count). The number of primary amides is 1. The van der Waals surface area contributed by atoms with Gasteiger partial charge in [0.05, 0.1) is 7.11 Å². The van der Waals surface area contributed by atoms with Crippen LogP contribution in [0.5, 0.6) is 5.88 Å². The summed E-state index contributed by atoms with van der Waals surface area (Å²) in [7, 11) is 1.56. The van der Waals surface area contributed by atoms with Crippen molar-refractivity contribution in [3.8, 4) is 5.88 Å². The molecule has 0 unspecified atom stereocenters. The zero-order chi connectivity index (χ0) is 10.4. The van der Waals surface area contributed by atoms with Crippen LogP contribution in [0.4, 0.5) is 0 Å². The van der Waals surface area contributed by atoms with E-state index in [1.165, 1.54) is 0 Å². The van der Waals surface area contributed by atoms with E-state index in [0.29, 0.717) is 5.88 Å². The maximum absolute atomic E-state index is 10.4. The Morgan fingerprint density at radius 1 is 1.64 bits per heavy atom. The van der Waals surface area contributed by atoms with Gasteiger partial charge in [-0.3, -0.25) is 4.79 Å². The van der Waals surface area contributed by atoms with E-state index in [9.17, 15) is 4.79 Å². The van der Waals surface area contributed by atoms with Crippen LogP contribution in [-0.2, 0) is 4.79 Å². The van der Waals surface area contributed by atoms with Gasteiger partial charge in [0, 0.05) is 18.7 Å². The molecule has 0 saturated heterocycles. The zero-order valence-electron chi connectivity index (χ0n) is 7.93. The minimum absolute atomic E-state index is 0.242. The summed E-state index contributed by atoms with van der Waals surface area (Å²) in [5.74, 6) is 0.222. The van der Waals surface area contributed by atoms with E-state index in [2.05, 4.69) is 4.98 Å². The number of hydrogen-bond donors (Lipinski definition) is 1. The van der Waals surface area contributed by atoms with E-state index < -0.39 is 0 Å². The lowest BCUT2D eigenvalue weighted by Gasteiger charge is -1.97. The van der Waals surface area contributed by atoms with Gasteiger partial charge in [0.2, 0.25) is 11.8 Å². The van der Waals surface area contributed by atoms with Gasteiger partial charge in [-0.05, 0) is 11.6 Å². The fourth-order valence-corrected chi connectivity index (χ4v) is 0.922. The Hall–Kier alpha value is -1.84. The largest absolute Gasteiger partial charge is 0.481 e. The van der Waals surface area contributed by atoms with Gasteiger partial charge in [0.1, 0.15) is 0 Å². The van der Waals surface area contributed by atoms with Gasteiger partial charge in [-0.2, -0.15) is 0 Å². The van der Waals surface area contributed by atoms with Crippen molar-refractivity contribution in [2.75, 3.05) is 7.11 Å². The molecule has 0 aliphatic heterocycles. The highest BCUT2D eigenvalue weighted by atomic mass is 16.5. The Balaban J connectivity index is 2.59. The second-order valence-electron chi connectivity index (χ2n) is 2.71. The van der Waals surface area contributed by atoms with Gasteiger partial charge >= 0.3 is 0 Å². The van der Waals surface area contributed by atoms with Crippen molar-refractivity contribution < 1.29 is 9.53 Å². The van der Waals surface area contributed by atoms with Crippen molar-refractivity contribution in [1.82, 2.24) is 4.98 Å². The van der Waals surface area contributed by atoms with Crippen molar-refractivity contribution in [2.45, 2.75) is 6.42 Å². The van der Waals surface area contributed by atoms with E-state index in [-0.39, 0.29) is 12.3 Å². The van der Waals surface area contributed by atoms with E-state index >= 15 is 0 Å². The summed E-state index contributed by atoms with van der Waals surface area (Å²) in [4.78, 5) is 14.4. The van der Waals surface area contributed by atoms with Crippen LogP contribution in [-0.4, -0.2) is 18.0 Å². The van der Waals surface area contributed by atoms with Gasteiger partial charge < -0.3 is 10.5 Å². The van der Waals surface area contributed by atoms with Gasteiger partial charge in [0.25, 0.3) is 0 Å². The number of nitrogens with two attached hydrogens (primary N) is 1. The number of rotatable bonds is 4. The smallest absolute Gasteiger partial charge is 0.221 e. The summed E-state index contributed by atoms with van der Waals surface area (Å²) in [5.41, 5.74) is 5.89. The summed E-state index contributed by atoms with van der Waals surface area (Å²) in [6.07, 6.45) is 5.39. The summed E-state index contributed by atoms with van der Waals surface area (Å²) < 4.78 is 4.90. The van der Waals surface area contributed by atoms with Crippen molar-refractivity contribution in [2.24, 2.45) is 5.73 Å². The Morgan fingerprint density at radius 3 is 2.93 bits per heavy atom. The monoisotopic (exact) mass is 192 g/mol. The molecule has 0 saturated carbocycles. The number of nitrogens with zero attached hydrogens (tertiary/aromatic N) is 1. The van der Waals surface area contributed by atoms with Crippen molar-refractivity contribution >= 4 is 12.0 Å². The molecule has 1 heterocycles. The third-order valence-corrected chi connectivity index (χ3v) is 1.60. The first-order valence-electron chi connectivity index (χ1n) is 4.17. The fraction of sp³-hybridized carbons (Fsp3) is 0.200. The molecule has 4 heteroatoms. The fourth-order valence-electron chi connectivity index (χ4n) is 0.922. The van der Waals surface area contributed by atoms with E-state index in [0.717, 1.165) is 5.56 Å². The molecule has 1 aromatic rings. The molecular weight excluding hydrogens is 180 g/mol. The van der Waals surface area contributed by atoms with Crippen LogP contribution in [0.3, 0.4) is 0 Å². The molecule has 0 aliphatic carbocycles. The van der Waals surface area contributed by atoms with Gasteiger partial charge in [0.15, 0.2) is 0 Å². The summed E-state index contributed by atoms with van der Waals surface area (Å²) in [6, 6.07) is 3.60. The summed E-state index contributed by atoms with van der Waals surface area (Å²) in [6.45, 7) is 0. The average molecular weight is 192 g/mol. The molecule has 4 nitrogen and oxygen atoms in total. The Morgan fingerprint density at radius 2 is 2.43 bits per heavy atom. The number of amides is 1. The molecule has 0 spiro atoms. The molecule has 1 aromatic heterocycles.